The summed E-state index contributed by atoms with van der Waals surface area (Å²) in [4.78, 5) is 12.3. The lowest BCUT2D eigenvalue weighted by molar-refractivity contribution is -0.132. The summed E-state index contributed by atoms with van der Waals surface area (Å²) < 4.78 is 0. The monoisotopic (exact) mass is 555 g/mol. The molecule has 6 heteroatoms. The third-order valence-corrected chi connectivity index (χ3v) is 7.73. The number of hydrogen-bond donors (Lipinski definition) is 5. The molecule has 0 aromatic rings. The summed E-state index contributed by atoms with van der Waals surface area (Å²) in [6, 6.07) is -0.979. The molecule has 6 nitrogen and oxygen atoms in total. The zero-order valence-electron chi connectivity index (χ0n) is 25.6. The first-order chi connectivity index (χ1) is 19.0. The van der Waals surface area contributed by atoms with E-state index >= 15 is 0 Å². The van der Waals surface area contributed by atoms with Crippen LogP contribution in [-0.4, -0.2) is 57.3 Å². The first kappa shape index (κ1) is 38.0. The summed E-state index contributed by atoms with van der Waals surface area (Å²) in [5.74, 6) is -0.595. The van der Waals surface area contributed by atoms with Gasteiger partial charge in [-0.15, -0.1) is 0 Å². The van der Waals surface area contributed by atoms with Crippen LogP contribution < -0.4 is 5.32 Å². The van der Waals surface area contributed by atoms with Crippen LogP contribution >= 0.6 is 0 Å². The molecule has 4 atom stereocenters. The van der Waals surface area contributed by atoms with Gasteiger partial charge in [0, 0.05) is 0 Å². The zero-order valence-corrected chi connectivity index (χ0v) is 25.6. The molecule has 0 radical (unpaired) electrons. The number of carbonyl (C=O) groups excluding carboxylic acids is 1. The second-order valence-electron chi connectivity index (χ2n) is 11.5. The number of nitrogens with one attached hydrogen (secondary N) is 1. The maximum Gasteiger partial charge on any atom is 0.249 e. The van der Waals surface area contributed by atoms with E-state index in [9.17, 15) is 25.2 Å². The van der Waals surface area contributed by atoms with Crippen molar-refractivity contribution in [1.29, 1.82) is 0 Å². The van der Waals surface area contributed by atoms with Gasteiger partial charge in [0.15, 0.2) is 0 Å². The highest BCUT2D eigenvalue weighted by atomic mass is 16.3. The number of hydrogen-bond acceptors (Lipinski definition) is 5. The van der Waals surface area contributed by atoms with Crippen LogP contribution in [0.15, 0.2) is 12.2 Å². The number of carbonyl (C=O) groups is 1. The van der Waals surface area contributed by atoms with Crippen LogP contribution in [0.25, 0.3) is 0 Å². The Morgan fingerprint density at radius 2 is 1.03 bits per heavy atom. The van der Waals surface area contributed by atoms with E-state index in [1.165, 1.54) is 77.0 Å². The van der Waals surface area contributed by atoms with Gasteiger partial charge < -0.3 is 25.7 Å². The van der Waals surface area contributed by atoms with Crippen LogP contribution in [0.4, 0.5) is 0 Å². The van der Waals surface area contributed by atoms with Crippen molar-refractivity contribution < 1.29 is 25.2 Å². The third-order valence-electron chi connectivity index (χ3n) is 7.73. The van der Waals surface area contributed by atoms with Crippen LogP contribution in [0.1, 0.15) is 162 Å². The maximum atomic E-state index is 12.3. The Kier molecular flexibility index (Phi) is 27.9. The fourth-order valence-electron chi connectivity index (χ4n) is 4.98. The van der Waals surface area contributed by atoms with Crippen molar-refractivity contribution in [3.63, 3.8) is 0 Å². The first-order valence-corrected chi connectivity index (χ1v) is 16.6. The van der Waals surface area contributed by atoms with E-state index in [0.29, 0.717) is 12.8 Å². The Morgan fingerprint density at radius 1 is 0.615 bits per heavy atom. The van der Waals surface area contributed by atoms with Crippen LogP contribution in [0.2, 0.25) is 0 Å². The summed E-state index contributed by atoms with van der Waals surface area (Å²) >= 11 is 0. The molecule has 0 saturated heterocycles. The number of aliphatic hydroxyl groups is 4. The molecule has 0 aromatic carbocycles. The average molecular weight is 556 g/mol. The molecule has 5 N–H and O–H groups in total. The van der Waals surface area contributed by atoms with Crippen LogP contribution in [0.3, 0.4) is 0 Å². The Bertz CT molecular complexity index is 556. The molecular formula is C33H65NO5. The van der Waals surface area contributed by atoms with Crippen LogP contribution in [0, 0.1) is 0 Å². The molecule has 0 fully saturated rings. The van der Waals surface area contributed by atoms with Crippen molar-refractivity contribution in [1.82, 2.24) is 5.32 Å². The molecule has 0 bridgehead atoms. The standard InChI is InChI=1S/C33H65NO5/c1-3-5-7-9-10-11-12-13-14-15-16-17-18-19-20-21-23-25-27-31(37)33(39)34-29(28-35)32(38)30(36)26-24-22-8-6-4-2/h15-16,29-32,35-38H,3-14,17-28H2,1-2H3,(H,34,39)/b16-15-. The second-order valence-corrected chi connectivity index (χ2v) is 11.5. The summed E-state index contributed by atoms with van der Waals surface area (Å²) in [6.45, 7) is 3.92. The fourth-order valence-corrected chi connectivity index (χ4v) is 4.98. The molecule has 0 spiro atoms. The Morgan fingerprint density at radius 3 is 1.49 bits per heavy atom. The maximum absolute atomic E-state index is 12.3. The van der Waals surface area contributed by atoms with Gasteiger partial charge in [-0.05, 0) is 38.5 Å². The molecule has 0 aromatic heterocycles. The van der Waals surface area contributed by atoms with Crippen molar-refractivity contribution in [2.24, 2.45) is 0 Å². The molecule has 232 valence electrons. The van der Waals surface area contributed by atoms with Crippen LogP contribution in [-0.2, 0) is 4.79 Å². The minimum absolute atomic E-state index is 0.363. The minimum Gasteiger partial charge on any atom is -0.394 e. The summed E-state index contributed by atoms with van der Waals surface area (Å²) in [7, 11) is 0. The lowest BCUT2D eigenvalue weighted by Gasteiger charge is -2.27. The lowest BCUT2D eigenvalue weighted by Crippen LogP contribution is -2.53. The number of amides is 1. The van der Waals surface area contributed by atoms with Crippen molar-refractivity contribution in [2.75, 3.05) is 6.61 Å². The number of unbranched alkanes of at least 4 members (excludes halogenated alkanes) is 18. The van der Waals surface area contributed by atoms with E-state index in [1.54, 1.807) is 0 Å². The Balaban J connectivity index is 3.75. The second kappa shape index (κ2) is 28.6. The molecule has 4 unspecified atom stereocenters. The van der Waals surface area contributed by atoms with E-state index in [-0.39, 0.29) is 0 Å². The van der Waals surface area contributed by atoms with E-state index < -0.39 is 36.9 Å². The first-order valence-electron chi connectivity index (χ1n) is 16.6. The van der Waals surface area contributed by atoms with Gasteiger partial charge in [-0.3, -0.25) is 4.79 Å². The van der Waals surface area contributed by atoms with Gasteiger partial charge >= 0.3 is 0 Å². The lowest BCUT2D eigenvalue weighted by atomic mass is 9.99. The molecule has 39 heavy (non-hydrogen) atoms. The molecule has 0 aliphatic heterocycles. The molecular weight excluding hydrogens is 490 g/mol. The van der Waals surface area contributed by atoms with Gasteiger partial charge in [-0.25, -0.2) is 0 Å². The van der Waals surface area contributed by atoms with Gasteiger partial charge in [0.05, 0.1) is 18.8 Å². The summed E-state index contributed by atoms with van der Waals surface area (Å²) in [5, 5.41) is 42.9. The highest BCUT2D eigenvalue weighted by Crippen LogP contribution is 2.14. The van der Waals surface area contributed by atoms with E-state index in [4.69, 9.17) is 0 Å². The molecule has 0 saturated carbocycles. The van der Waals surface area contributed by atoms with Gasteiger partial charge in [0.25, 0.3) is 0 Å². The van der Waals surface area contributed by atoms with Crippen LogP contribution in [0.5, 0.6) is 0 Å². The zero-order chi connectivity index (χ0) is 29.0. The van der Waals surface area contributed by atoms with Gasteiger partial charge in [-0.2, -0.15) is 0 Å². The Hall–Kier alpha value is -0.950. The highest BCUT2D eigenvalue weighted by Gasteiger charge is 2.28. The van der Waals surface area contributed by atoms with Crippen molar-refractivity contribution in [3.05, 3.63) is 12.2 Å². The fraction of sp³-hybridized carbons (Fsp3) is 0.909. The van der Waals surface area contributed by atoms with Gasteiger partial charge in [0.2, 0.25) is 5.91 Å². The molecule has 0 aliphatic rings. The highest BCUT2D eigenvalue weighted by molar-refractivity contribution is 5.80. The summed E-state index contributed by atoms with van der Waals surface area (Å²) in [6.07, 6.45) is 27.0. The minimum atomic E-state index is -1.25. The SMILES string of the molecule is CCCCCCCCCC/C=C\CCCCCCCCC(O)C(=O)NC(CO)C(O)C(O)CCCCCCC. The third kappa shape index (κ3) is 23.5. The number of allylic oxidation sites excluding steroid dienone is 2. The normalized spacial score (nSPS) is 14.9. The molecule has 0 rings (SSSR count). The summed E-state index contributed by atoms with van der Waals surface area (Å²) in [5.41, 5.74) is 0. The van der Waals surface area contributed by atoms with Crippen molar-refractivity contribution in [3.8, 4) is 0 Å². The van der Waals surface area contributed by atoms with E-state index in [1.807, 2.05) is 0 Å². The van der Waals surface area contributed by atoms with E-state index in [2.05, 4.69) is 31.3 Å². The van der Waals surface area contributed by atoms with Gasteiger partial charge in [-0.1, -0.05) is 135 Å². The quantitative estimate of drug-likeness (QED) is 0.0499. The smallest absolute Gasteiger partial charge is 0.249 e. The molecule has 1 amide bonds. The number of aliphatic hydroxyl groups excluding tert-OH is 4. The largest absolute Gasteiger partial charge is 0.394 e. The Labute approximate surface area is 241 Å². The van der Waals surface area contributed by atoms with E-state index in [0.717, 1.165) is 57.8 Å². The number of rotatable bonds is 29. The average Bonchev–Trinajstić information content (AvgIpc) is 2.94. The van der Waals surface area contributed by atoms with Gasteiger partial charge in [0.1, 0.15) is 12.2 Å². The van der Waals surface area contributed by atoms with Crippen molar-refractivity contribution >= 4 is 5.91 Å². The topological polar surface area (TPSA) is 110 Å². The predicted octanol–water partition coefficient (Wildman–Crippen LogP) is 7.11. The molecule has 0 heterocycles. The van der Waals surface area contributed by atoms with Crippen molar-refractivity contribution in [2.45, 2.75) is 186 Å². The molecule has 0 aliphatic carbocycles. The predicted molar refractivity (Wildman–Crippen MR) is 164 cm³/mol.